The Morgan fingerprint density at radius 2 is 1.85 bits per heavy atom. The number of ether oxygens (including phenoxy) is 2. The molecule has 33 heavy (non-hydrogen) atoms. The molecule has 2 aromatic carbocycles. The minimum atomic E-state index is -1.11. The smallest absolute Gasteiger partial charge is 0.273 e. The highest BCUT2D eigenvalue weighted by molar-refractivity contribution is 6.00. The van der Waals surface area contributed by atoms with E-state index in [-0.39, 0.29) is 18.4 Å². The third kappa shape index (κ3) is 4.47. The molecule has 0 saturated heterocycles. The summed E-state index contributed by atoms with van der Waals surface area (Å²) >= 11 is 0. The van der Waals surface area contributed by atoms with Crippen LogP contribution in [-0.4, -0.2) is 59.4 Å². The summed E-state index contributed by atoms with van der Waals surface area (Å²) in [6, 6.07) is 18.9. The lowest BCUT2D eigenvalue weighted by atomic mass is 9.94. The van der Waals surface area contributed by atoms with Gasteiger partial charge in [0.1, 0.15) is 17.0 Å². The molecule has 8 heteroatoms. The summed E-state index contributed by atoms with van der Waals surface area (Å²) in [5, 5.41) is 7.64. The van der Waals surface area contributed by atoms with Crippen LogP contribution in [0.1, 0.15) is 23.0 Å². The Bertz CT molecular complexity index is 1130. The van der Waals surface area contributed by atoms with E-state index in [1.807, 2.05) is 54.6 Å². The van der Waals surface area contributed by atoms with Crippen LogP contribution in [-0.2, 0) is 22.6 Å². The third-order valence-corrected chi connectivity index (χ3v) is 5.99. The zero-order chi connectivity index (χ0) is 23.4. The SMILES string of the molecule is COCCN1C(=O)c2cc(-c3ccc(OC)cc3)nn2CC1(C)C(=O)NCc1ccccc1. The zero-order valence-electron chi connectivity index (χ0n) is 19.1. The van der Waals surface area contributed by atoms with E-state index in [9.17, 15) is 9.59 Å². The van der Waals surface area contributed by atoms with Crippen LogP contribution >= 0.6 is 0 Å². The van der Waals surface area contributed by atoms with Gasteiger partial charge in [-0.25, -0.2) is 0 Å². The van der Waals surface area contributed by atoms with Gasteiger partial charge in [-0.1, -0.05) is 30.3 Å². The van der Waals surface area contributed by atoms with Gasteiger partial charge in [0.2, 0.25) is 5.91 Å². The van der Waals surface area contributed by atoms with Gasteiger partial charge < -0.3 is 19.7 Å². The Morgan fingerprint density at radius 1 is 1.12 bits per heavy atom. The zero-order valence-corrected chi connectivity index (χ0v) is 19.1. The number of carbonyl (C=O) groups excluding carboxylic acids is 2. The molecule has 0 fully saturated rings. The number of rotatable bonds is 8. The van der Waals surface area contributed by atoms with Crippen molar-refractivity contribution < 1.29 is 19.1 Å². The normalized spacial score (nSPS) is 17.5. The molecular weight excluding hydrogens is 420 g/mol. The molecule has 1 aromatic heterocycles. The van der Waals surface area contributed by atoms with E-state index in [1.54, 1.807) is 36.8 Å². The highest BCUT2D eigenvalue weighted by atomic mass is 16.5. The van der Waals surface area contributed by atoms with E-state index < -0.39 is 5.54 Å². The number of hydrogen-bond donors (Lipinski definition) is 1. The van der Waals surface area contributed by atoms with Crippen molar-refractivity contribution in [3.05, 3.63) is 71.9 Å². The van der Waals surface area contributed by atoms with Crippen molar-refractivity contribution in [2.45, 2.75) is 25.6 Å². The fourth-order valence-corrected chi connectivity index (χ4v) is 4.05. The molecule has 1 atom stereocenters. The third-order valence-electron chi connectivity index (χ3n) is 5.99. The molecule has 2 heterocycles. The number of aromatic nitrogens is 2. The Kier molecular flexibility index (Phi) is 6.46. The number of hydrogen-bond acceptors (Lipinski definition) is 5. The van der Waals surface area contributed by atoms with E-state index in [4.69, 9.17) is 9.47 Å². The highest BCUT2D eigenvalue weighted by Crippen LogP contribution is 2.30. The summed E-state index contributed by atoms with van der Waals surface area (Å²) in [6.45, 7) is 3.03. The summed E-state index contributed by atoms with van der Waals surface area (Å²) in [5.74, 6) is 0.262. The number of amides is 2. The number of nitrogens with zero attached hydrogens (tertiary/aromatic N) is 3. The van der Waals surface area contributed by atoms with Gasteiger partial charge in [0.15, 0.2) is 0 Å². The second-order valence-corrected chi connectivity index (χ2v) is 8.19. The van der Waals surface area contributed by atoms with Crippen molar-refractivity contribution in [2.24, 2.45) is 0 Å². The molecule has 0 saturated carbocycles. The Morgan fingerprint density at radius 3 is 2.52 bits per heavy atom. The van der Waals surface area contributed by atoms with Gasteiger partial charge in [-0.05, 0) is 42.8 Å². The van der Waals surface area contributed by atoms with E-state index in [1.165, 1.54) is 0 Å². The molecule has 1 N–H and O–H groups in total. The van der Waals surface area contributed by atoms with Crippen LogP contribution in [0.3, 0.4) is 0 Å². The molecule has 1 aliphatic heterocycles. The van der Waals surface area contributed by atoms with Crippen molar-refractivity contribution in [3.63, 3.8) is 0 Å². The van der Waals surface area contributed by atoms with Crippen LogP contribution in [0.25, 0.3) is 11.3 Å². The molecule has 0 bridgehead atoms. The first kappa shape index (κ1) is 22.5. The fourth-order valence-electron chi connectivity index (χ4n) is 4.05. The van der Waals surface area contributed by atoms with Crippen LogP contribution < -0.4 is 10.1 Å². The Labute approximate surface area is 193 Å². The number of methoxy groups -OCH3 is 2. The second-order valence-electron chi connectivity index (χ2n) is 8.19. The lowest BCUT2D eigenvalue weighted by Gasteiger charge is -2.43. The molecule has 3 aromatic rings. The van der Waals surface area contributed by atoms with Gasteiger partial charge in [-0.2, -0.15) is 5.10 Å². The van der Waals surface area contributed by atoms with E-state index in [0.717, 1.165) is 16.9 Å². The van der Waals surface area contributed by atoms with E-state index in [2.05, 4.69) is 10.4 Å². The number of benzene rings is 2. The molecular formula is C25H28N4O4. The van der Waals surface area contributed by atoms with Crippen molar-refractivity contribution in [2.75, 3.05) is 27.4 Å². The van der Waals surface area contributed by atoms with Gasteiger partial charge in [0.05, 0.1) is 26.0 Å². The van der Waals surface area contributed by atoms with Crippen LogP contribution in [0.5, 0.6) is 5.75 Å². The van der Waals surface area contributed by atoms with Crippen LogP contribution in [0.4, 0.5) is 0 Å². The average Bonchev–Trinajstić information content (AvgIpc) is 3.27. The van der Waals surface area contributed by atoms with Crippen molar-refractivity contribution >= 4 is 11.8 Å². The lowest BCUT2D eigenvalue weighted by Crippen LogP contribution is -2.64. The molecule has 8 nitrogen and oxygen atoms in total. The van der Waals surface area contributed by atoms with Crippen molar-refractivity contribution in [1.82, 2.24) is 20.0 Å². The van der Waals surface area contributed by atoms with Gasteiger partial charge in [0, 0.05) is 25.8 Å². The standard InChI is InChI=1S/C25H28N4O4/c1-25(24(31)26-16-18-7-5-4-6-8-18)17-29-22(23(30)28(25)13-14-32-2)15-21(27-29)19-9-11-20(33-3)12-10-19/h4-12,15H,13-14,16-17H2,1-3H3,(H,26,31). The summed E-state index contributed by atoms with van der Waals surface area (Å²) in [6.07, 6.45) is 0. The maximum absolute atomic E-state index is 13.5. The monoisotopic (exact) mass is 448 g/mol. The second kappa shape index (κ2) is 9.46. The number of carbonyl (C=O) groups is 2. The molecule has 1 unspecified atom stereocenters. The molecule has 0 radical (unpaired) electrons. The van der Waals surface area contributed by atoms with Gasteiger partial charge >= 0.3 is 0 Å². The number of nitrogens with one attached hydrogen (secondary N) is 1. The van der Waals surface area contributed by atoms with E-state index >= 15 is 0 Å². The minimum absolute atomic E-state index is 0.233. The molecule has 1 aliphatic rings. The largest absolute Gasteiger partial charge is 0.497 e. The molecule has 0 aliphatic carbocycles. The van der Waals surface area contributed by atoms with Crippen molar-refractivity contribution in [3.8, 4) is 17.0 Å². The van der Waals surface area contributed by atoms with Gasteiger partial charge in [-0.3, -0.25) is 14.3 Å². The minimum Gasteiger partial charge on any atom is -0.497 e. The summed E-state index contributed by atoms with van der Waals surface area (Å²) < 4.78 is 12.1. The summed E-state index contributed by atoms with van der Waals surface area (Å²) in [7, 11) is 3.19. The average molecular weight is 449 g/mol. The van der Waals surface area contributed by atoms with Crippen LogP contribution in [0.2, 0.25) is 0 Å². The van der Waals surface area contributed by atoms with Gasteiger partial charge in [0.25, 0.3) is 5.91 Å². The molecule has 4 rings (SSSR count). The first-order valence-corrected chi connectivity index (χ1v) is 10.8. The Hall–Kier alpha value is -3.65. The summed E-state index contributed by atoms with van der Waals surface area (Å²) in [5.41, 5.74) is 1.86. The molecule has 0 spiro atoms. The van der Waals surface area contributed by atoms with Crippen LogP contribution in [0, 0.1) is 0 Å². The number of fused-ring (bicyclic) bond motifs is 1. The molecule has 172 valence electrons. The predicted molar refractivity (Wildman–Crippen MR) is 124 cm³/mol. The highest BCUT2D eigenvalue weighted by Gasteiger charge is 2.47. The van der Waals surface area contributed by atoms with Crippen molar-refractivity contribution in [1.29, 1.82) is 0 Å². The quantitative estimate of drug-likeness (QED) is 0.573. The summed E-state index contributed by atoms with van der Waals surface area (Å²) in [4.78, 5) is 28.4. The first-order valence-electron chi connectivity index (χ1n) is 10.8. The van der Waals surface area contributed by atoms with E-state index in [0.29, 0.717) is 31.1 Å². The fraction of sp³-hybridized carbons (Fsp3) is 0.320. The topological polar surface area (TPSA) is 85.7 Å². The van der Waals surface area contributed by atoms with Crippen LogP contribution in [0.15, 0.2) is 60.7 Å². The predicted octanol–water partition coefficient (Wildman–Crippen LogP) is 2.74. The maximum atomic E-state index is 13.5. The lowest BCUT2D eigenvalue weighted by molar-refractivity contribution is -0.133. The molecule has 2 amide bonds. The Balaban J connectivity index is 1.63. The first-order chi connectivity index (χ1) is 16.0. The van der Waals surface area contributed by atoms with Gasteiger partial charge in [-0.15, -0.1) is 0 Å². The maximum Gasteiger partial charge on any atom is 0.273 e.